The van der Waals surface area contributed by atoms with Crippen molar-refractivity contribution in [3.05, 3.63) is 336 Å². The standard InChI is InChI=1S/C26H25ClF2N6O3.2C18H15P.C9H7ClFIN4.C5HClF2IN.C4H7N3.4CH4.2ClH.Pd/c1-33-22(5-6-31-33)32-25-24(29)23(20(27)9-30-25)17-8-21-26(37)35(19(14-38-2)12-34(21)10-17)11-16-7-18(28)4-3-15(16)13-36;2*1-4-10-16(11-5-1)19(17-12-6-2-7-13-17)18-14-8-3-9-15-18;1-16-6(2-3-14-16)15-9-7(11)8(12)5(10)4-13-9;6-2-1-10-5(8)3(7)4(2)9;1-7-4(5)2-3-6-7;;;;;;;/h3-10,19,36H,11-14H2,1-2H3,(H,30,32);2*1-15H;2-4H,1H3,(H,13,15);1H;2-3H,5H2,1H3;4*1H4;2*1H;/q;;;;;;;;;;;;+2/p-2/t19-;;;;;;;;;;;;/m1............/s1. The second-order valence-corrected chi connectivity index (χ2v) is 33.8. The van der Waals surface area contributed by atoms with Crippen molar-refractivity contribution < 1.29 is 52.5 Å². The van der Waals surface area contributed by atoms with Gasteiger partial charge in [0.1, 0.15) is 29.0 Å². The van der Waals surface area contributed by atoms with Gasteiger partial charge >= 0.3 is 35.0 Å². The molecule has 8 heterocycles. The van der Waals surface area contributed by atoms with Crippen LogP contribution in [0.3, 0.4) is 0 Å². The number of amides is 1. The number of aliphatic hydroxyl groups excluding tert-OH is 1. The molecule has 1 atom stereocenters. The van der Waals surface area contributed by atoms with E-state index in [1.54, 1.807) is 112 Å². The number of methoxy groups -OCH3 is 1. The molecule has 0 fully saturated rings. The smallest absolute Gasteiger partial charge is 0.0134 e. The Morgan fingerprint density at radius 1 is 0.534 bits per heavy atom. The van der Waals surface area contributed by atoms with Gasteiger partial charge in [0, 0.05) is 83.2 Å². The van der Waals surface area contributed by atoms with Gasteiger partial charge in [-0.25, -0.2) is 32.5 Å². The first-order valence-corrected chi connectivity index (χ1v) is 43.5. The average Bonchev–Trinajstić information content (AvgIpc) is 1.61. The third-order valence-corrected chi connectivity index (χ3v) is 24.9. The summed E-state index contributed by atoms with van der Waals surface area (Å²) >= 11 is 20.9. The topological polar surface area (TPSA) is 197 Å². The SMILES string of the molecule is C.C.C.C.COC[C@H]1Cn2cc(-c3c(Cl)cnc(Nc4ccnn4C)c3F)cc2C(=O)N1Cc1cc(F)ccc1CO.Cn1nccc1N.Cn1nccc1Nc1ncc(Cl)c(I)c1F.Fc1ncc(Cl)c(I)c1F.[Cl][Pd][Cl].c1ccc(P(c2ccccc2)c2ccccc2)cc1.c1ccc(P(c2ccccc2)c2ccccc2)cc1. The Balaban J connectivity index is 0.000000264. The van der Waals surface area contributed by atoms with Gasteiger partial charge in [-0.3, -0.25) is 18.8 Å². The number of carbonyl (C=O) groups excluding carboxylic acids is 1. The number of nitrogen functional groups attached to an aromatic ring is 1. The molecule has 7 aromatic heterocycles. The minimum Gasteiger partial charge on any atom is -0.0622 e. The Bertz CT molecular complexity index is 4960. The number of nitrogens with two attached hydrogens (primary N) is 1. The maximum Gasteiger partial charge on any atom is -0.0134 e. The summed E-state index contributed by atoms with van der Waals surface area (Å²) < 4.78 is 80.3. The number of pyridine rings is 3. The number of ether oxygens (including phenoxy) is 1. The van der Waals surface area contributed by atoms with Crippen molar-refractivity contribution in [3.8, 4) is 11.1 Å². The van der Waals surface area contributed by atoms with Crippen LogP contribution in [0.5, 0.6) is 0 Å². The van der Waals surface area contributed by atoms with E-state index in [9.17, 15) is 27.5 Å². The van der Waals surface area contributed by atoms with Crippen LogP contribution in [0, 0.1) is 36.4 Å². The van der Waals surface area contributed by atoms with Gasteiger partial charge in [-0.05, 0) is 128 Å². The number of hydrogen-bond acceptors (Lipinski definition) is 12. The molecular formula is C84H86Cl5F5I2N14O3P2Pd. The summed E-state index contributed by atoms with van der Waals surface area (Å²) in [6, 6.07) is 75.1. The molecule has 1 amide bonds. The van der Waals surface area contributed by atoms with E-state index in [1.165, 1.54) is 74.2 Å². The zero-order valence-electron chi connectivity index (χ0n) is 59.8. The number of carbonyl (C=O) groups is 1. The van der Waals surface area contributed by atoms with Crippen LogP contribution in [0.1, 0.15) is 51.3 Å². The second-order valence-electron chi connectivity index (χ2n) is 23.7. The molecule has 0 saturated carbocycles. The maximum absolute atomic E-state index is 15.7. The van der Waals surface area contributed by atoms with Crippen molar-refractivity contribution in [2.45, 2.75) is 55.4 Å². The maximum atomic E-state index is 15.7. The van der Waals surface area contributed by atoms with Crippen LogP contribution in [-0.4, -0.2) is 84.5 Å². The average molecular weight is 2030 g/mol. The monoisotopic (exact) mass is 2030 g/mol. The molecule has 614 valence electrons. The molecule has 14 aromatic rings. The first-order chi connectivity index (χ1) is 54.1. The van der Waals surface area contributed by atoms with E-state index in [4.69, 9.17) is 64.3 Å². The predicted octanol–water partition coefficient (Wildman–Crippen LogP) is 20.5. The number of anilines is 5. The molecule has 32 heteroatoms. The minimum atomic E-state index is -1.12. The molecule has 17 nitrogen and oxygen atoms in total. The van der Waals surface area contributed by atoms with Gasteiger partial charge in [0.05, 0.1) is 66.3 Å². The Labute approximate surface area is 735 Å². The van der Waals surface area contributed by atoms with E-state index >= 15 is 4.39 Å². The number of fused-ring (bicyclic) bond motifs is 1. The van der Waals surface area contributed by atoms with Crippen molar-refractivity contribution in [3.63, 3.8) is 0 Å². The number of nitrogens with zero attached hydrogens (tertiary/aromatic N) is 11. The molecule has 0 unspecified atom stereocenters. The third-order valence-electron chi connectivity index (χ3n) is 16.4. The van der Waals surface area contributed by atoms with Crippen LogP contribution in [0.15, 0.2) is 268 Å². The van der Waals surface area contributed by atoms with E-state index < -0.39 is 45.1 Å². The summed E-state index contributed by atoms with van der Waals surface area (Å²) in [7, 11) is 15.5. The van der Waals surface area contributed by atoms with E-state index in [0.29, 0.717) is 55.0 Å². The molecule has 1 aliphatic heterocycles. The van der Waals surface area contributed by atoms with Gasteiger partial charge in [-0.1, -0.05) is 253 Å². The Hall–Kier alpha value is -8.23. The normalized spacial score (nSPS) is 11.5. The van der Waals surface area contributed by atoms with Gasteiger partial charge in [0.15, 0.2) is 29.1 Å². The fraction of sp³-hybridized carbons (Fsp3) is 0.155. The third kappa shape index (κ3) is 27.2. The predicted molar refractivity (Wildman–Crippen MR) is 484 cm³/mol. The number of hydrogen-bond donors (Lipinski definition) is 4. The van der Waals surface area contributed by atoms with Gasteiger partial charge < -0.3 is 35.7 Å². The number of aliphatic hydroxyl groups is 1. The van der Waals surface area contributed by atoms with Gasteiger partial charge in [-0.15, -0.1) is 0 Å². The van der Waals surface area contributed by atoms with Gasteiger partial charge in [-0.2, -0.15) is 19.7 Å². The van der Waals surface area contributed by atoms with E-state index in [0.717, 1.165) is 6.20 Å². The number of rotatable bonds is 16. The summed E-state index contributed by atoms with van der Waals surface area (Å²) in [4.78, 5) is 26.3. The zero-order chi connectivity index (χ0) is 80.2. The molecule has 5 N–H and O–H groups in total. The second kappa shape index (κ2) is 49.9. The summed E-state index contributed by atoms with van der Waals surface area (Å²) in [5, 5.41) is 36.2. The fourth-order valence-electron chi connectivity index (χ4n) is 11.0. The van der Waals surface area contributed by atoms with Crippen molar-refractivity contribution >= 4 is 182 Å². The van der Waals surface area contributed by atoms with Gasteiger partial charge in [0.2, 0.25) is 5.95 Å². The fourth-order valence-corrected chi connectivity index (χ4v) is 16.8. The van der Waals surface area contributed by atoms with Crippen molar-refractivity contribution in [1.29, 1.82) is 0 Å². The van der Waals surface area contributed by atoms with Crippen molar-refractivity contribution in [1.82, 2.24) is 53.8 Å². The molecule has 0 spiro atoms. The van der Waals surface area contributed by atoms with Gasteiger partial charge in [0.25, 0.3) is 5.91 Å². The minimum absolute atomic E-state index is 0. The van der Waals surface area contributed by atoms with Crippen molar-refractivity contribution in [2.75, 3.05) is 30.1 Å². The number of aromatic nitrogens is 10. The van der Waals surface area contributed by atoms with Crippen molar-refractivity contribution in [2.24, 2.45) is 21.1 Å². The first-order valence-electron chi connectivity index (χ1n) is 33.5. The van der Waals surface area contributed by atoms with Crippen LogP contribution >= 0.6 is 115 Å². The summed E-state index contributed by atoms with van der Waals surface area (Å²) in [6.07, 6.45) is 10.3. The number of benzene rings is 7. The number of aryl methyl sites for hydroxylation is 3. The van der Waals surface area contributed by atoms with Crippen LogP contribution in [-0.2, 0) is 61.5 Å². The Kier molecular flexibility index (Phi) is 42.3. The van der Waals surface area contributed by atoms with Crippen LogP contribution < -0.4 is 48.2 Å². The first kappa shape index (κ1) is 98.3. The molecule has 116 heavy (non-hydrogen) atoms. The molecule has 15 rings (SSSR count). The largest absolute Gasteiger partial charge is 0.0622 e. The molecule has 0 radical (unpaired) electrons. The molecule has 7 aromatic carbocycles. The molecular weight excluding hydrogens is 1950 g/mol. The van der Waals surface area contributed by atoms with E-state index in [2.05, 4.69) is 223 Å². The molecule has 1 aliphatic rings. The van der Waals surface area contributed by atoms with Crippen LogP contribution in [0.4, 0.5) is 51.0 Å². The van der Waals surface area contributed by atoms with E-state index in [1.807, 2.05) is 22.6 Å². The number of nitrogens with one attached hydrogen (secondary N) is 2. The zero-order valence-corrected chi connectivity index (χ0v) is 71.3. The Morgan fingerprint density at radius 2 is 0.922 bits per heavy atom. The van der Waals surface area contributed by atoms with Crippen LogP contribution in [0.2, 0.25) is 15.1 Å². The Morgan fingerprint density at radius 3 is 1.28 bits per heavy atom. The molecule has 0 bridgehead atoms. The number of halogens is 12. The quantitative estimate of drug-likeness (QED) is 0.0235. The van der Waals surface area contributed by atoms with E-state index in [-0.39, 0.29) is 108 Å². The van der Waals surface area contributed by atoms with Crippen LogP contribution in [0.25, 0.3) is 11.1 Å². The molecule has 0 saturated heterocycles. The summed E-state index contributed by atoms with van der Waals surface area (Å²) in [5.41, 5.74) is 7.19. The summed E-state index contributed by atoms with van der Waals surface area (Å²) in [6.45, 7) is 0.376. The summed E-state index contributed by atoms with van der Waals surface area (Å²) in [5.74, 6) is -2.06. The molecule has 0 aliphatic carbocycles.